The Morgan fingerprint density at radius 2 is 1.81 bits per heavy atom. The molecule has 164 valence electrons. The largest absolute Gasteiger partial charge is 0.490 e. The van der Waals surface area contributed by atoms with Gasteiger partial charge in [0.25, 0.3) is 5.91 Å². The van der Waals surface area contributed by atoms with E-state index in [1.807, 2.05) is 75.4 Å². The molecule has 0 saturated heterocycles. The molecule has 0 aliphatic carbocycles. The summed E-state index contributed by atoms with van der Waals surface area (Å²) in [5, 5.41) is 9.59. The highest BCUT2D eigenvalue weighted by atomic mass is 127. The normalized spacial score (nSPS) is 11.0. The Bertz CT molecular complexity index is 1160. The molecule has 0 fully saturated rings. The van der Waals surface area contributed by atoms with Crippen molar-refractivity contribution in [3.8, 4) is 17.6 Å². The van der Waals surface area contributed by atoms with Crippen LogP contribution in [-0.4, -0.2) is 17.2 Å². The van der Waals surface area contributed by atoms with Gasteiger partial charge >= 0.3 is 0 Å². The number of aryl methyl sites for hydroxylation is 2. The molecule has 1 heterocycles. The number of hydrogen-bond donors (Lipinski definition) is 1. The second-order valence-electron chi connectivity index (χ2n) is 7.10. The van der Waals surface area contributed by atoms with Crippen LogP contribution in [0, 0.1) is 28.7 Å². The van der Waals surface area contributed by atoms with Gasteiger partial charge in [-0.1, -0.05) is 30.3 Å². The number of carbonyl (C=O) groups is 1. The Kier molecular flexibility index (Phi) is 7.95. The van der Waals surface area contributed by atoms with Crippen LogP contribution in [0.3, 0.4) is 0 Å². The van der Waals surface area contributed by atoms with Crippen LogP contribution in [0.5, 0.6) is 11.5 Å². The molecule has 0 spiro atoms. The maximum absolute atomic E-state index is 12.7. The van der Waals surface area contributed by atoms with E-state index in [2.05, 4.69) is 28.0 Å². The molecule has 0 unspecified atom stereocenters. The number of nitrogens with zero attached hydrogens (tertiary/aromatic N) is 2. The third kappa shape index (κ3) is 5.71. The molecule has 0 radical (unpaired) electrons. The number of carbonyl (C=O) groups excluding carboxylic acids is 1. The minimum absolute atomic E-state index is 0.00583. The summed E-state index contributed by atoms with van der Waals surface area (Å²) in [4.78, 5) is 12.7. The Labute approximate surface area is 201 Å². The number of benzene rings is 2. The molecule has 32 heavy (non-hydrogen) atoms. The summed E-state index contributed by atoms with van der Waals surface area (Å²) >= 11 is 2.17. The first-order chi connectivity index (χ1) is 15.4. The molecule has 0 bridgehead atoms. The third-order valence-corrected chi connectivity index (χ3v) is 5.52. The molecule has 3 aromatic rings. The van der Waals surface area contributed by atoms with Crippen LogP contribution in [0.25, 0.3) is 6.08 Å². The monoisotopic (exact) mass is 541 g/mol. The number of amides is 1. The lowest BCUT2D eigenvalue weighted by Crippen LogP contribution is -2.25. The first-order valence-electron chi connectivity index (χ1n) is 10.1. The highest BCUT2D eigenvalue weighted by Gasteiger charge is 2.15. The molecular formula is C25H24IN3O3. The number of rotatable bonds is 8. The number of nitriles is 1. The standard InChI is InChI=1S/C25H24IN3O3/c1-4-31-23-14-20(13-22(26)24(23)32-16-19-8-6-5-7-9-19)12-21(15-27)25(30)28-29-17(2)10-11-18(29)3/h5-14H,4,16H2,1-3H3,(H,28,30)/b21-12-. The van der Waals surface area contributed by atoms with Crippen molar-refractivity contribution in [2.75, 3.05) is 12.0 Å². The van der Waals surface area contributed by atoms with Crippen molar-refractivity contribution in [3.63, 3.8) is 0 Å². The summed E-state index contributed by atoms with van der Waals surface area (Å²) in [5.74, 6) is 0.721. The van der Waals surface area contributed by atoms with Gasteiger partial charge in [-0.3, -0.25) is 14.9 Å². The molecule has 3 rings (SSSR count). The average Bonchev–Trinajstić information content (AvgIpc) is 3.09. The number of nitrogens with one attached hydrogen (secondary N) is 1. The molecule has 0 aliphatic rings. The van der Waals surface area contributed by atoms with Gasteiger partial charge in [0.1, 0.15) is 18.2 Å². The average molecular weight is 541 g/mol. The summed E-state index contributed by atoms with van der Waals surface area (Å²) in [6.45, 7) is 6.53. The van der Waals surface area contributed by atoms with E-state index in [1.54, 1.807) is 16.8 Å². The summed E-state index contributed by atoms with van der Waals surface area (Å²) in [5.41, 5.74) is 6.24. The molecule has 1 N–H and O–H groups in total. The molecule has 1 amide bonds. The summed E-state index contributed by atoms with van der Waals surface area (Å²) in [6, 6.07) is 19.3. The van der Waals surface area contributed by atoms with Crippen molar-refractivity contribution < 1.29 is 14.3 Å². The molecule has 0 saturated carbocycles. The van der Waals surface area contributed by atoms with E-state index >= 15 is 0 Å². The van der Waals surface area contributed by atoms with Crippen LogP contribution >= 0.6 is 22.6 Å². The van der Waals surface area contributed by atoms with Gasteiger partial charge in [0.15, 0.2) is 11.5 Å². The lowest BCUT2D eigenvalue weighted by molar-refractivity contribution is -0.113. The second kappa shape index (κ2) is 10.9. The van der Waals surface area contributed by atoms with Gasteiger partial charge in [-0.05, 0) is 84.8 Å². The van der Waals surface area contributed by atoms with Crippen LogP contribution in [-0.2, 0) is 11.4 Å². The number of halogens is 1. The van der Waals surface area contributed by atoms with Crippen molar-refractivity contribution in [3.05, 3.63) is 86.3 Å². The molecule has 7 heteroatoms. The first kappa shape index (κ1) is 23.4. The van der Waals surface area contributed by atoms with Gasteiger partial charge in [-0.15, -0.1) is 0 Å². The Hall–Kier alpha value is -3.25. The van der Waals surface area contributed by atoms with E-state index in [-0.39, 0.29) is 5.57 Å². The molecule has 0 aliphatic heterocycles. The maximum atomic E-state index is 12.7. The van der Waals surface area contributed by atoms with E-state index < -0.39 is 5.91 Å². The zero-order chi connectivity index (χ0) is 23.1. The van der Waals surface area contributed by atoms with Crippen molar-refractivity contribution in [2.24, 2.45) is 0 Å². The fourth-order valence-corrected chi connectivity index (χ4v) is 3.91. The van der Waals surface area contributed by atoms with Gasteiger partial charge in [0, 0.05) is 11.4 Å². The topological polar surface area (TPSA) is 76.3 Å². The Morgan fingerprint density at radius 3 is 2.44 bits per heavy atom. The smallest absolute Gasteiger partial charge is 0.280 e. The van der Waals surface area contributed by atoms with Crippen molar-refractivity contribution >= 4 is 34.6 Å². The molecular weight excluding hydrogens is 517 g/mol. The predicted octanol–water partition coefficient (Wildman–Crippen LogP) is 5.36. The summed E-state index contributed by atoms with van der Waals surface area (Å²) in [7, 11) is 0. The van der Waals surface area contributed by atoms with Crippen molar-refractivity contribution in [1.29, 1.82) is 5.26 Å². The lowest BCUT2D eigenvalue weighted by atomic mass is 10.1. The van der Waals surface area contributed by atoms with E-state index in [4.69, 9.17) is 9.47 Å². The van der Waals surface area contributed by atoms with Gasteiger partial charge in [-0.2, -0.15) is 5.26 Å². The van der Waals surface area contributed by atoms with Gasteiger partial charge in [0.05, 0.1) is 10.2 Å². The molecule has 2 aromatic carbocycles. The molecule has 6 nitrogen and oxygen atoms in total. The Balaban J connectivity index is 1.86. The van der Waals surface area contributed by atoms with Crippen LogP contribution in [0.2, 0.25) is 0 Å². The minimum atomic E-state index is -0.479. The fraction of sp³-hybridized carbons (Fsp3) is 0.200. The van der Waals surface area contributed by atoms with Crippen molar-refractivity contribution in [2.45, 2.75) is 27.4 Å². The van der Waals surface area contributed by atoms with E-state index in [1.165, 1.54) is 0 Å². The fourth-order valence-electron chi connectivity index (χ4n) is 3.13. The van der Waals surface area contributed by atoms with Crippen LogP contribution in [0.1, 0.15) is 29.4 Å². The summed E-state index contributed by atoms with van der Waals surface area (Å²) < 4.78 is 14.3. The van der Waals surface area contributed by atoms with Gasteiger partial charge in [0.2, 0.25) is 0 Å². The molecule has 1 aromatic heterocycles. The van der Waals surface area contributed by atoms with E-state index in [0.29, 0.717) is 30.3 Å². The number of ether oxygens (including phenoxy) is 2. The van der Waals surface area contributed by atoms with E-state index in [0.717, 1.165) is 20.5 Å². The first-order valence-corrected chi connectivity index (χ1v) is 11.2. The van der Waals surface area contributed by atoms with E-state index in [9.17, 15) is 10.1 Å². The Morgan fingerprint density at radius 1 is 1.12 bits per heavy atom. The highest BCUT2D eigenvalue weighted by Crippen LogP contribution is 2.35. The quantitative estimate of drug-likeness (QED) is 0.237. The number of aromatic nitrogens is 1. The molecule has 0 atom stereocenters. The van der Waals surface area contributed by atoms with Gasteiger partial charge < -0.3 is 9.47 Å². The predicted molar refractivity (Wildman–Crippen MR) is 133 cm³/mol. The van der Waals surface area contributed by atoms with Crippen LogP contribution < -0.4 is 14.9 Å². The van der Waals surface area contributed by atoms with Crippen molar-refractivity contribution in [1.82, 2.24) is 4.68 Å². The minimum Gasteiger partial charge on any atom is -0.490 e. The second-order valence-corrected chi connectivity index (χ2v) is 8.26. The lowest BCUT2D eigenvalue weighted by Gasteiger charge is -2.15. The zero-order valence-electron chi connectivity index (χ0n) is 18.2. The van der Waals surface area contributed by atoms with Crippen LogP contribution in [0.4, 0.5) is 0 Å². The third-order valence-electron chi connectivity index (χ3n) is 4.72. The van der Waals surface area contributed by atoms with Crippen LogP contribution in [0.15, 0.2) is 60.2 Å². The SMILES string of the molecule is CCOc1cc(/C=C(/C#N)C(=O)Nn2c(C)ccc2C)cc(I)c1OCc1ccccc1. The number of hydrogen-bond acceptors (Lipinski definition) is 4. The zero-order valence-corrected chi connectivity index (χ0v) is 20.3. The maximum Gasteiger partial charge on any atom is 0.280 e. The highest BCUT2D eigenvalue weighted by molar-refractivity contribution is 14.1. The summed E-state index contributed by atoms with van der Waals surface area (Å²) in [6.07, 6.45) is 1.55. The van der Waals surface area contributed by atoms with Gasteiger partial charge in [-0.25, -0.2) is 0 Å².